The molecule has 1 heterocycles. The molecule has 1 aliphatic rings. The third-order valence-electron chi connectivity index (χ3n) is 4.16. The third kappa shape index (κ3) is 4.02. The minimum atomic E-state index is -0.322. The summed E-state index contributed by atoms with van der Waals surface area (Å²) in [4.78, 5) is 18.5. The summed E-state index contributed by atoms with van der Waals surface area (Å²) < 4.78 is 4.99. The number of nitrogens with zero attached hydrogens (tertiary/aromatic N) is 2. The normalized spacial score (nSPS) is 21.9. The molecular weight excluding hydrogens is 286 g/mol. The molecular formula is C15H25N3O2S. The Balaban J connectivity index is 2.00. The zero-order chi connectivity index (χ0) is 15.2. The van der Waals surface area contributed by atoms with E-state index in [1.165, 1.54) is 30.6 Å². The first-order valence-corrected chi connectivity index (χ1v) is 8.63. The van der Waals surface area contributed by atoms with Gasteiger partial charge in [0.2, 0.25) is 5.01 Å². The first-order valence-electron chi connectivity index (χ1n) is 7.75. The van der Waals surface area contributed by atoms with E-state index in [1.807, 2.05) is 5.38 Å². The van der Waals surface area contributed by atoms with Crippen molar-refractivity contribution in [1.29, 1.82) is 0 Å². The molecule has 5 nitrogen and oxygen atoms in total. The third-order valence-corrected chi connectivity index (χ3v) is 5.03. The van der Waals surface area contributed by atoms with E-state index in [1.54, 1.807) is 6.92 Å². The van der Waals surface area contributed by atoms with E-state index < -0.39 is 0 Å². The molecule has 0 spiro atoms. The van der Waals surface area contributed by atoms with Gasteiger partial charge in [-0.05, 0) is 38.8 Å². The zero-order valence-corrected chi connectivity index (χ0v) is 13.7. The van der Waals surface area contributed by atoms with E-state index in [4.69, 9.17) is 10.5 Å². The van der Waals surface area contributed by atoms with Gasteiger partial charge < -0.3 is 10.5 Å². The summed E-state index contributed by atoms with van der Waals surface area (Å²) >= 11 is 1.36. The molecule has 6 heteroatoms. The minimum Gasteiger partial charge on any atom is -0.461 e. The van der Waals surface area contributed by atoms with Gasteiger partial charge in [-0.3, -0.25) is 4.90 Å². The van der Waals surface area contributed by atoms with Gasteiger partial charge in [0.05, 0.1) is 12.3 Å². The van der Waals surface area contributed by atoms with Crippen LogP contribution in [0.15, 0.2) is 5.38 Å². The smallest absolute Gasteiger partial charge is 0.367 e. The largest absolute Gasteiger partial charge is 0.461 e. The minimum absolute atomic E-state index is 0.322. The highest BCUT2D eigenvalue weighted by Gasteiger charge is 2.30. The maximum absolute atomic E-state index is 11.7. The zero-order valence-electron chi connectivity index (χ0n) is 12.9. The Labute approximate surface area is 130 Å². The number of thiazole rings is 1. The van der Waals surface area contributed by atoms with Crippen LogP contribution in [0.2, 0.25) is 0 Å². The number of carbonyl (C=O) groups is 1. The van der Waals surface area contributed by atoms with Gasteiger partial charge in [0, 0.05) is 18.0 Å². The van der Waals surface area contributed by atoms with Crippen molar-refractivity contribution >= 4 is 17.3 Å². The molecule has 2 atom stereocenters. The van der Waals surface area contributed by atoms with Crippen molar-refractivity contribution < 1.29 is 9.53 Å². The van der Waals surface area contributed by atoms with E-state index in [2.05, 4.69) is 16.8 Å². The second-order valence-electron chi connectivity index (χ2n) is 5.42. The highest BCUT2D eigenvalue weighted by atomic mass is 32.1. The van der Waals surface area contributed by atoms with Gasteiger partial charge in [0.25, 0.3) is 0 Å². The van der Waals surface area contributed by atoms with Crippen LogP contribution in [-0.2, 0) is 11.3 Å². The van der Waals surface area contributed by atoms with Crippen LogP contribution in [0.3, 0.4) is 0 Å². The molecule has 0 amide bonds. The molecule has 2 rings (SSSR count). The van der Waals surface area contributed by atoms with Crippen LogP contribution in [0.25, 0.3) is 0 Å². The fraction of sp³-hybridized carbons (Fsp3) is 0.733. The topological polar surface area (TPSA) is 68.5 Å². The van der Waals surface area contributed by atoms with Crippen LogP contribution < -0.4 is 5.73 Å². The summed E-state index contributed by atoms with van der Waals surface area (Å²) in [7, 11) is 0. The molecule has 2 unspecified atom stereocenters. The second kappa shape index (κ2) is 7.87. The summed E-state index contributed by atoms with van der Waals surface area (Å²) in [6, 6.07) is 0.549. The number of aromatic nitrogens is 1. The van der Waals surface area contributed by atoms with E-state index >= 15 is 0 Å². The van der Waals surface area contributed by atoms with Gasteiger partial charge in [-0.2, -0.15) is 0 Å². The molecule has 0 bridgehead atoms. The maximum atomic E-state index is 11.7. The second-order valence-corrected chi connectivity index (χ2v) is 6.28. The average Bonchev–Trinajstić information content (AvgIpc) is 3.13. The van der Waals surface area contributed by atoms with Crippen LogP contribution in [0.1, 0.15) is 48.6 Å². The highest BCUT2D eigenvalue weighted by molar-refractivity contribution is 7.11. The average molecular weight is 311 g/mol. The van der Waals surface area contributed by atoms with Crippen molar-refractivity contribution in [3.05, 3.63) is 16.1 Å². The first-order chi connectivity index (χ1) is 10.2. The lowest BCUT2D eigenvalue weighted by atomic mass is 10.0. The van der Waals surface area contributed by atoms with Crippen molar-refractivity contribution in [2.45, 2.75) is 45.7 Å². The molecule has 118 valence electrons. The lowest BCUT2D eigenvalue weighted by Gasteiger charge is -2.31. The number of hydrogen-bond donors (Lipinski definition) is 1. The standard InChI is InChI=1S/C15H25N3O2S/c1-3-18(13-7-5-6-11(13)8-16)9-12-10-21-14(17-12)15(19)20-4-2/h10-11,13H,3-9,16H2,1-2H3. The summed E-state index contributed by atoms with van der Waals surface area (Å²) in [6.45, 7) is 6.88. The molecule has 0 aromatic carbocycles. The van der Waals surface area contributed by atoms with E-state index in [0.29, 0.717) is 23.6 Å². The Morgan fingerprint density at radius 1 is 1.52 bits per heavy atom. The number of rotatable bonds is 7. The van der Waals surface area contributed by atoms with Crippen LogP contribution in [-0.4, -0.2) is 41.6 Å². The maximum Gasteiger partial charge on any atom is 0.367 e. The fourth-order valence-corrected chi connectivity index (χ4v) is 3.81. The fourth-order valence-electron chi connectivity index (χ4n) is 3.11. The molecule has 1 aromatic heterocycles. The lowest BCUT2D eigenvalue weighted by molar-refractivity contribution is 0.0525. The number of hydrogen-bond acceptors (Lipinski definition) is 6. The molecule has 2 N–H and O–H groups in total. The van der Waals surface area contributed by atoms with E-state index in [9.17, 15) is 4.79 Å². The Hall–Kier alpha value is -0.980. The number of carbonyl (C=O) groups excluding carboxylic acids is 1. The van der Waals surface area contributed by atoms with E-state index in [0.717, 1.165) is 25.3 Å². The summed E-state index contributed by atoms with van der Waals surface area (Å²) in [5, 5.41) is 2.41. The summed E-state index contributed by atoms with van der Waals surface area (Å²) in [5.41, 5.74) is 6.84. The molecule has 1 fully saturated rings. The quantitative estimate of drug-likeness (QED) is 0.782. The van der Waals surface area contributed by atoms with Crippen LogP contribution in [0, 0.1) is 5.92 Å². The molecule has 1 saturated carbocycles. The van der Waals surface area contributed by atoms with Crippen LogP contribution in [0.4, 0.5) is 0 Å². The Kier molecular flexibility index (Phi) is 6.14. The van der Waals surface area contributed by atoms with Gasteiger partial charge in [-0.1, -0.05) is 13.3 Å². The van der Waals surface area contributed by atoms with Crippen molar-refractivity contribution in [3.63, 3.8) is 0 Å². The number of esters is 1. The Morgan fingerprint density at radius 2 is 2.33 bits per heavy atom. The number of ether oxygens (including phenoxy) is 1. The Morgan fingerprint density at radius 3 is 3.00 bits per heavy atom. The highest BCUT2D eigenvalue weighted by Crippen LogP contribution is 2.30. The van der Waals surface area contributed by atoms with Gasteiger partial charge in [0.15, 0.2) is 0 Å². The predicted octanol–water partition coefficient (Wildman–Crippen LogP) is 2.27. The first kappa shape index (κ1) is 16.4. The summed E-state index contributed by atoms with van der Waals surface area (Å²) in [5.74, 6) is 0.269. The van der Waals surface area contributed by atoms with Gasteiger partial charge in [-0.25, -0.2) is 9.78 Å². The lowest BCUT2D eigenvalue weighted by Crippen LogP contribution is -2.39. The van der Waals surface area contributed by atoms with Crippen molar-refractivity contribution in [2.24, 2.45) is 11.7 Å². The number of nitrogens with two attached hydrogens (primary N) is 1. The van der Waals surface area contributed by atoms with Gasteiger partial charge in [-0.15, -0.1) is 11.3 Å². The van der Waals surface area contributed by atoms with Crippen molar-refractivity contribution in [3.8, 4) is 0 Å². The SMILES string of the molecule is CCOC(=O)c1nc(CN(CC)C2CCCC2CN)cs1. The van der Waals surface area contributed by atoms with Crippen molar-refractivity contribution in [2.75, 3.05) is 19.7 Å². The van der Waals surface area contributed by atoms with Crippen molar-refractivity contribution in [1.82, 2.24) is 9.88 Å². The molecule has 0 aliphatic heterocycles. The monoisotopic (exact) mass is 311 g/mol. The van der Waals surface area contributed by atoms with Crippen LogP contribution in [0.5, 0.6) is 0 Å². The van der Waals surface area contributed by atoms with E-state index in [-0.39, 0.29) is 5.97 Å². The molecule has 0 saturated heterocycles. The molecule has 21 heavy (non-hydrogen) atoms. The molecule has 1 aromatic rings. The predicted molar refractivity (Wildman–Crippen MR) is 84.3 cm³/mol. The molecule has 0 radical (unpaired) electrons. The molecule has 1 aliphatic carbocycles. The van der Waals surface area contributed by atoms with Crippen LogP contribution >= 0.6 is 11.3 Å². The Bertz CT molecular complexity index is 464. The van der Waals surface area contributed by atoms with Gasteiger partial charge in [0.1, 0.15) is 0 Å². The van der Waals surface area contributed by atoms with Gasteiger partial charge >= 0.3 is 5.97 Å². The summed E-state index contributed by atoms with van der Waals surface area (Å²) in [6.07, 6.45) is 3.70.